The molecular formula is C24H25O6P. The molecule has 0 aromatic heterocycles. The number of aliphatic carboxylic acids is 1. The molecular weight excluding hydrogens is 415 g/mol. The molecule has 0 aliphatic carbocycles. The first-order chi connectivity index (χ1) is 14.7. The molecule has 3 aromatic rings. The van der Waals surface area contributed by atoms with Crippen LogP contribution in [-0.4, -0.2) is 11.1 Å². The lowest BCUT2D eigenvalue weighted by Crippen LogP contribution is -2.09. The van der Waals surface area contributed by atoms with E-state index in [2.05, 4.69) is 6.58 Å². The van der Waals surface area contributed by atoms with Crippen LogP contribution in [0.1, 0.15) is 16.7 Å². The van der Waals surface area contributed by atoms with Crippen molar-refractivity contribution in [1.82, 2.24) is 0 Å². The third-order valence-corrected chi connectivity index (χ3v) is 5.35. The molecule has 0 saturated heterocycles. The van der Waals surface area contributed by atoms with Gasteiger partial charge < -0.3 is 18.7 Å². The average molecular weight is 440 g/mol. The minimum atomic E-state index is -3.97. The molecule has 0 fully saturated rings. The van der Waals surface area contributed by atoms with Gasteiger partial charge in [0.25, 0.3) is 0 Å². The van der Waals surface area contributed by atoms with Crippen molar-refractivity contribution in [3.8, 4) is 17.2 Å². The third kappa shape index (κ3) is 7.36. The number of para-hydroxylation sites is 3. The summed E-state index contributed by atoms with van der Waals surface area (Å²) in [5.74, 6) is 0.388. The highest BCUT2D eigenvalue weighted by atomic mass is 31.2. The number of carbonyl (C=O) groups is 1. The Morgan fingerprint density at radius 3 is 1.23 bits per heavy atom. The summed E-state index contributed by atoms with van der Waals surface area (Å²) in [6.07, 6.45) is 0.833. The molecule has 0 bridgehead atoms. The van der Waals surface area contributed by atoms with Crippen molar-refractivity contribution >= 4 is 13.8 Å². The summed E-state index contributed by atoms with van der Waals surface area (Å²) >= 11 is 0. The highest BCUT2D eigenvalue weighted by molar-refractivity contribution is 7.49. The molecule has 0 spiro atoms. The lowest BCUT2D eigenvalue weighted by molar-refractivity contribution is -0.131. The molecule has 31 heavy (non-hydrogen) atoms. The number of carboxylic acids is 1. The van der Waals surface area contributed by atoms with E-state index < -0.39 is 13.8 Å². The molecule has 0 heterocycles. The number of benzene rings is 3. The van der Waals surface area contributed by atoms with Crippen LogP contribution in [0.5, 0.6) is 17.2 Å². The van der Waals surface area contributed by atoms with E-state index in [-0.39, 0.29) is 0 Å². The highest BCUT2D eigenvalue weighted by Gasteiger charge is 2.34. The smallest absolute Gasteiger partial charge is 0.478 e. The molecule has 6 nitrogen and oxygen atoms in total. The molecule has 0 radical (unpaired) electrons. The number of aryl methyl sites for hydroxylation is 3. The zero-order chi connectivity index (χ0) is 22.9. The predicted octanol–water partition coefficient (Wildman–Crippen LogP) is 6.51. The second-order valence-corrected chi connectivity index (χ2v) is 8.00. The average Bonchev–Trinajstić information content (AvgIpc) is 2.74. The largest absolute Gasteiger partial charge is 0.647 e. The van der Waals surface area contributed by atoms with Crippen LogP contribution in [0.15, 0.2) is 85.5 Å². The second kappa shape index (κ2) is 11.0. The van der Waals surface area contributed by atoms with Crippen LogP contribution in [0.25, 0.3) is 0 Å². The van der Waals surface area contributed by atoms with Gasteiger partial charge in [0.15, 0.2) is 0 Å². The molecule has 0 unspecified atom stereocenters. The Balaban J connectivity index is 0.000000614. The standard InChI is InChI=1S/C21H21O4P.C3H4O2/c1-16-10-4-7-13-19(16)23-26(22,24-20-14-8-5-11-17(20)2)25-21-15-9-6-12-18(21)3;1-2-3(4)5/h4-15H,1-3H3;2H,1H2,(H,4,5). The van der Waals surface area contributed by atoms with Crippen LogP contribution < -0.4 is 13.6 Å². The van der Waals surface area contributed by atoms with Gasteiger partial charge in [-0.05, 0) is 55.7 Å². The number of rotatable bonds is 7. The Morgan fingerprint density at radius 1 is 0.742 bits per heavy atom. The van der Waals surface area contributed by atoms with Crippen LogP contribution in [-0.2, 0) is 9.36 Å². The minimum Gasteiger partial charge on any atom is -0.478 e. The van der Waals surface area contributed by atoms with E-state index in [9.17, 15) is 9.36 Å². The van der Waals surface area contributed by atoms with Gasteiger partial charge in [-0.25, -0.2) is 4.79 Å². The summed E-state index contributed by atoms with van der Waals surface area (Å²) in [4.78, 5) is 9.25. The van der Waals surface area contributed by atoms with E-state index in [4.69, 9.17) is 18.7 Å². The summed E-state index contributed by atoms with van der Waals surface area (Å²) in [6, 6.07) is 22.0. The van der Waals surface area contributed by atoms with Crippen LogP contribution in [0.2, 0.25) is 0 Å². The SMILES string of the molecule is C=CC(=O)O.Cc1ccccc1OP(=O)(Oc1ccccc1C)Oc1ccccc1C. The second-order valence-electron chi connectivity index (χ2n) is 6.56. The third-order valence-electron chi connectivity index (χ3n) is 4.09. The quantitative estimate of drug-likeness (QED) is 0.333. The zero-order valence-corrected chi connectivity index (χ0v) is 18.5. The Hall–Kier alpha value is -3.50. The van der Waals surface area contributed by atoms with Crippen LogP contribution in [0.3, 0.4) is 0 Å². The topological polar surface area (TPSA) is 82.1 Å². The maximum Gasteiger partial charge on any atom is 0.647 e. The molecule has 162 valence electrons. The van der Waals surface area contributed by atoms with E-state index in [0.29, 0.717) is 17.2 Å². The molecule has 3 rings (SSSR count). The molecule has 7 heteroatoms. The summed E-state index contributed by atoms with van der Waals surface area (Å²) in [5, 5.41) is 7.60. The van der Waals surface area contributed by atoms with Crippen molar-refractivity contribution in [2.75, 3.05) is 0 Å². The highest BCUT2D eigenvalue weighted by Crippen LogP contribution is 2.51. The van der Waals surface area contributed by atoms with Crippen LogP contribution in [0.4, 0.5) is 0 Å². The van der Waals surface area contributed by atoms with Gasteiger partial charge in [0.2, 0.25) is 0 Å². The van der Waals surface area contributed by atoms with Crippen LogP contribution in [0, 0.1) is 20.8 Å². The lowest BCUT2D eigenvalue weighted by atomic mass is 10.2. The molecule has 0 aliphatic heterocycles. The normalized spacial score (nSPS) is 10.3. The Kier molecular flexibility index (Phi) is 8.47. The van der Waals surface area contributed by atoms with E-state index in [0.717, 1.165) is 22.8 Å². The molecule has 1 N–H and O–H groups in total. The Bertz CT molecular complexity index is 970. The fourth-order valence-electron chi connectivity index (χ4n) is 2.39. The molecule has 0 amide bonds. The number of phosphoric acid groups is 1. The van der Waals surface area contributed by atoms with E-state index in [1.807, 2.05) is 75.4 Å². The van der Waals surface area contributed by atoms with Crippen molar-refractivity contribution in [2.24, 2.45) is 0 Å². The monoisotopic (exact) mass is 440 g/mol. The van der Waals surface area contributed by atoms with Gasteiger partial charge in [-0.1, -0.05) is 61.2 Å². The number of hydrogen-bond donors (Lipinski definition) is 1. The zero-order valence-electron chi connectivity index (χ0n) is 17.6. The van der Waals surface area contributed by atoms with Crippen LogP contribution >= 0.6 is 7.82 Å². The lowest BCUT2D eigenvalue weighted by Gasteiger charge is -2.21. The summed E-state index contributed by atoms with van der Waals surface area (Å²) in [5.41, 5.74) is 2.53. The molecule has 0 aliphatic rings. The Morgan fingerprint density at radius 2 is 1.00 bits per heavy atom. The van der Waals surface area contributed by atoms with Gasteiger partial charge in [0.1, 0.15) is 17.2 Å². The molecule has 3 aromatic carbocycles. The van der Waals surface area contributed by atoms with Crippen molar-refractivity contribution < 1.29 is 28.0 Å². The van der Waals surface area contributed by atoms with Crippen molar-refractivity contribution in [3.05, 3.63) is 102 Å². The van der Waals surface area contributed by atoms with E-state index >= 15 is 0 Å². The van der Waals surface area contributed by atoms with Crippen molar-refractivity contribution in [1.29, 1.82) is 0 Å². The van der Waals surface area contributed by atoms with Crippen molar-refractivity contribution in [2.45, 2.75) is 20.8 Å². The fourth-order valence-corrected chi connectivity index (χ4v) is 3.84. The summed E-state index contributed by atoms with van der Waals surface area (Å²) in [6.45, 7) is 8.59. The number of phosphoric ester groups is 1. The summed E-state index contributed by atoms with van der Waals surface area (Å²) < 4.78 is 30.8. The Labute approximate surface area is 182 Å². The number of hydrogen-bond acceptors (Lipinski definition) is 5. The fraction of sp³-hybridized carbons (Fsp3) is 0.125. The molecule has 0 atom stereocenters. The predicted molar refractivity (Wildman–Crippen MR) is 121 cm³/mol. The van der Waals surface area contributed by atoms with Gasteiger partial charge in [-0.3, -0.25) is 0 Å². The molecule has 0 saturated carbocycles. The summed E-state index contributed by atoms with van der Waals surface area (Å²) in [7, 11) is -3.97. The first-order valence-electron chi connectivity index (χ1n) is 9.45. The van der Waals surface area contributed by atoms with Gasteiger partial charge in [-0.2, -0.15) is 4.57 Å². The first-order valence-corrected chi connectivity index (χ1v) is 10.9. The van der Waals surface area contributed by atoms with Gasteiger partial charge >= 0.3 is 13.8 Å². The van der Waals surface area contributed by atoms with Crippen molar-refractivity contribution in [3.63, 3.8) is 0 Å². The van der Waals surface area contributed by atoms with Gasteiger partial charge in [-0.15, -0.1) is 0 Å². The maximum atomic E-state index is 13.5. The van der Waals surface area contributed by atoms with E-state index in [1.54, 1.807) is 18.2 Å². The minimum absolute atomic E-state index is 0.456. The van der Waals surface area contributed by atoms with E-state index in [1.165, 1.54) is 0 Å². The maximum absolute atomic E-state index is 13.5. The van der Waals surface area contributed by atoms with Gasteiger partial charge in [0, 0.05) is 6.08 Å². The first kappa shape index (κ1) is 23.8. The van der Waals surface area contributed by atoms with Gasteiger partial charge in [0.05, 0.1) is 0 Å². The number of carboxylic acid groups (broad SMARTS) is 1.